The monoisotopic (exact) mass is 493 g/mol. The van der Waals surface area contributed by atoms with Gasteiger partial charge in [-0.05, 0) is 37.1 Å². The molecule has 1 unspecified atom stereocenters. The molecule has 1 aromatic heterocycles. The maximum absolute atomic E-state index is 12.9. The van der Waals surface area contributed by atoms with Crippen LogP contribution in [0.2, 0.25) is 0 Å². The van der Waals surface area contributed by atoms with Gasteiger partial charge in [-0.3, -0.25) is 19.3 Å². The van der Waals surface area contributed by atoms with Gasteiger partial charge in [0.2, 0.25) is 11.8 Å². The molecule has 10 heteroatoms. The number of nitrogens with zero attached hydrogens (tertiary/aromatic N) is 3. The highest BCUT2D eigenvalue weighted by molar-refractivity contribution is 8.14. The number of rotatable bonds is 7. The molecule has 3 amide bonds. The summed E-state index contributed by atoms with van der Waals surface area (Å²) in [6.45, 7) is 0.236. The standard InChI is InChI=1S/C25H27N5O4S/c31-21(26-14-17-9-6-12-34-17)13-20-24(33)29-23-18-10-4-5-11-19(18)28-25(30(20)23)35-15-22(32)27-16-7-2-1-3-8-16/h4-6,9-12,16,20H,1-3,7-8,13-15H2,(H,26,31)(H,27,32). The van der Waals surface area contributed by atoms with Gasteiger partial charge in [0.05, 0.1) is 30.7 Å². The highest BCUT2D eigenvalue weighted by Gasteiger charge is 2.42. The van der Waals surface area contributed by atoms with Gasteiger partial charge in [-0.15, -0.1) is 0 Å². The molecule has 3 heterocycles. The smallest absolute Gasteiger partial charge is 0.271 e. The number of hydrogen-bond acceptors (Lipinski definition) is 7. The summed E-state index contributed by atoms with van der Waals surface area (Å²) >= 11 is 1.26. The number of fused-ring (bicyclic) bond motifs is 3. The molecule has 182 valence electrons. The second-order valence-corrected chi connectivity index (χ2v) is 9.76. The van der Waals surface area contributed by atoms with Crippen molar-refractivity contribution in [1.82, 2.24) is 15.5 Å². The van der Waals surface area contributed by atoms with Gasteiger partial charge in [0.25, 0.3) is 5.91 Å². The van der Waals surface area contributed by atoms with Crippen LogP contribution in [0, 0.1) is 0 Å². The second kappa shape index (κ2) is 10.5. The van der Waals surface area contributed by atoms with E-state index in [0.29, 0.717) is 22.5 Å². The van der Waals surface area contributed by atoms with Gasteiger partial charge < -0.3 is 15.1 Å². The molecule has 1 aromatic carbocycles. The van der Waals surface area contributed by atoms with Crippen LogP contribution in [0.1, 0.15) is 49.8 Å². The predicted octanol–water partition coefficient (Wildman–Crippen LogP) is 3.13. The van der Waals surface area contributed by atoms with Crippen LogP contribution in [-0.2, 0) is 20.9 Å². The maximum atomic E-state index is 12.9. The average Bonchev–Trinajstić information content (AvgIpc) is 3.50. The van der Waals surface area contributed by atoms with Gasteiger partial charge in [-0.25, -0.2) is 4.99 Å². The maximum Gasteiger partial charge on any atom is 0.271 e. The first-order valence-electron chi connectivity index (χ1n) is 11.9. The first-order chi connectivity index (χ1) is 17.1. The number of amidine groups is 2. The van der Waals surface area contributed by atoms with Crippen LogP contribution in [0.25, 0.3) is 0 Å². The molecule has 0 radical (unpaired) electrons. The number of carbonyl (C=O) groups is 3. The Kier molecular flexibility index (Phi) is 6.98. The summed E-state index contributed by atoms with van der Waals surface area (Å²) in [5, 5.41) is 6.40. The van der Waals surface area contributed by atoms with Crippen molar-refractivity contribution in [3.8, 4) is 0 Å². The van der Waals surface area contributed by atoms with E-state index in [1.54, 1.807) is 17.0 Å². The quantitative estimate of drug-likeness (QED) is 0.612. The van der Waals surface area contributed by atoms with Gasteiger partial charge in [0.15, 0.2) is 5.17 Å². The van der Waals surface area contributed by atoms with Crippen LogP contribution in [0.15, 0.2) is 57.1 Å². The lowest BCUT2D eigenvalue weighted by molar-refractivity contribution is -0.126. The van der Waals surface area contributed by atoms with Gasteiger partial charge in [0, 0.05) is 11.6 Å². The Morgan fingerprint density at radius 1 is 1.06 bits per heavy atom. The summed E-state index contributed by atoms with van der Waals surface area (Å²) in [6, 6.07) is 10.4. The Morgan fingerprint density at radius 3 is 2.69 bits per heavy atom. The topological polar surface area (TPSA) is 116 Å². The Labute approximate surface area is 207 Å². The van der Waals surface area contributed by atoms with Crippen molar-refractivity contribution in [3.05, 3.63) is 54.0 Å². The molecule has 2 aromatic rings. The van der Waals surface area contributed by atoms with E-state index in [1.165, 1.54) is 24.4 Å². The van der Waals surface area contributed by atoms with Crippen LogP contribution in [0.5, 0.6) is 0 Å². The fourth-order valence-electron chi connectivity index (χ4n) is 4.60. The lowest BCUT2D eigenvalue weighted by Crippen LogP contribution is -2.46. The molecule has 0 saturated heterocycles. The highest BCUT2D eigenvalue weighted by atomic mass is 32.2. The van der Waals surface area contributed by atoms with Crippen molar-refractivity contribution in [2.75, 3.05) is 5.75 Å². The van der Waals surface area contributed by atoms with Crippen molar-refractivity contribution in [1.29, 1.82) is 0 Å². The Morgan fingerprint density at radius 2 is 1.89 bits per heavy atom. The number of benzene rings is 1. The Balaban J connectivity index is 1.29. The molecular formula is C25H27N5O4S. The number of thioether (sulfide) groups is 1. The van der Waals surface area contributed by atoms with Crippen LogP contribution < -0.4 is 10.6 Å². The number of nitrogens with one attached hydrogen (secondary N) is 2. The zero-order valence-electron chi connectivity index (χ0n) is 19.2. The number of furan rings is 1. The Hall–Kier alpha value is -3.40. The zero-order chi connectivity index (χ0) is 24.2. The summed E-state index contributed by atoms with van der Waals surface area (Å²) in [7, 11) is 0. The van der Waals surface area contributed by atoms with E-state index in [9.17, 15) is 14.4 Å². The van der Waals surface area contributed by atoms with E-state index in [4.69, 9.17) is 9.41 Å². The number of aliphatic imine (C=N–C) groups is 2. The molecular weight excluding hydrogens is 466 g/mol. The third-order valence-corrected chi connectivity index (χ3v) is 7.28. The molecule has 35 heavy (non-hydrogen) atoms. The van der Waals surface area contributed by atoms with Crippen molar-refractivity contribution in [2.45, 2.75) is 57.2 Å². The molecule has 1 fully saturated rings. The molecule has 9 nitrogen and oxygen atoms in total. The Bertz CT molecular complexity index is 1170. The zero-order valence-corrected chi connectivity index (χ0v) is 20.1. The minimum absolute atomic E-state index is 0.0554. The van der Waals surface area contributed by atoms with Crippen molar-refractivity contribution < 1.29 is 18.8 Å². The van der Waals surface area contributed by atoms with E-state index in [0.717, 1.165) is 31.2 Å². The van der Waals surface area contributed by atoms with Gasteiger partial charge in [0.1, 0.15) is 17.6 Å². The molecule has 5 rings (SSSR count). The average molecular weight is 494 g/mol. The molecule has 0 spiro atoms. The fraction of sp³-hybridized carbons (Fsp3) is 0.400. The molecule has 1 atom stereocenters. The van der Waals surface area contributed by atoms with E-state index >= 15 is 0 Å². The minimum atomic E-state index is -0.817. The summed E-state index contributed by atoms with van der Waals surface area (Å²) < 4.78 is 5.25. The lowest BCUT2D eigenvalue weighted by atomic mass is 9.95. The summed E-state index contributed by atoms with van der Waals surface area (Å²) in [5.41, 5.74) is 1.42. The number of amides is 3. The molecule has 2 N–H and O–H groups in total. The second-order valence-electron chi connectivity index (χ2n) is 8.82. The van der Waals surface area contributed by atoms with Crippen LogP contribution in [0.4, 0.5) is 5.69 Å². The largest absolute Gasteiger partial charge is 0.467 e. The van der Waals surface area contributed by atoms with Crippen LogP contribution >= 0.6 is 11.8 Å². The van der Waals surface area contributed by atoms with Gasteiger partial charge in [-0.1, -0.05) is 43.2 Å². The van der Waals surface area contributed by atoms with Gasteiger partial charge >= 0.3 is 0 Å². The molecule has 1 saturated carbocycles. The fourth-order valence-corrected chi connectivity index (χ4v) is 5.45. The van der Waals surface area contributed by atoms with Crippen LogP contribution in [0.3, 0.4) is 0 Å². The first-order valence-corrected chi connectivity index (χ1v) is 12.9. The third kappa shape index (κ3) is 5.32. The normalized spacial score (nSPS) is 19.5. The van der Waals surface area contributed by atoms with E-state index < -0.39 is 11.9 Å². The minimum Gasteiger partial charge on any atom is -0.467 e. The summed E-state index contributed by atoms with van der Waals surface area (Å²) in [6.07, 6.45) is 6.98. The SMILES string of the molecule is O=C(CC1C(=O)N=C2c3ccccc3N=C(SCC(=O)NC3CCCCC3)N21)NCc1ccco1. The van der Waals surface area contributed by atoms with E-state index in [1.807, 2.05) is 24.3 Å². The van der Waals surface area contributed by atoms with E-state index in [-0.39, 0.29) is 36.6 Å². The molecule has 3 aliphatic rings. The third-order valence-electron chi connectivity index (χ3n) is 6.33. The van der Waals surface area contributed by atoms with Gasteiger partial charge in [-0.2, -0.15) is 4.99 Å². The van der Waals surface area contributed by atoms with E-state index in [2.05, 4.69) is 15.6 Å². The number of para-hydroxylation sites is 1. The lowest BCUT2D eigenvalue weighted by Gasteiger charge is -2.31. The highest BCUT2D eigenvalue weighted by Crippen LogP contribution is 2.35. The molecule has 1 aliphatic carbocycles. The van der Waals surface area contributed by atoms with Crippen molar-refractivity contribution >= 4 is 46.2 Å². The summed E-state index contributed by atoms with van der Waals surface area (Å²) in [4.78, 5) is 48.9. The molecule has 0 bridgehead atoms. The number of carbonyl (C=O) groups excluding carboxylic acids is 3. The number of hydrogen-bond donors (Lipinski definition) is 2. The van der Waals surface area contributed by atoms with Crippen molar-refractivity contribution in [3.63, 3.8) is 0 Å². The molecule has 2 aliphatic heterocycles. The van der Waals surface area contributed by atoms with Crippen molar-refractivity contribution in [2.24, 2.45) is 9.98 Å². The summed E-state index contributed by atoms with van der Waals surface area (Å²) in [5.74, 6) is 0.521. The predicted molar refractivity (Wildman–Crippen MR) is 133 cm³/mol. The van der Waals surface area contributed by atoms with Crippen LogP contribution in [-0.4, -0.2) is 51.5 Å². The first kappa shape index (κ1) is 23.3.